The Morgan fingerprint density at radius 3 is 2.23 bits per heavy atom. The third-order valence-corrected chi connectivity index (χ3v) is 7.61. The minimum absolute atomic E-state index is 0.934. The highest BCUT2D eigenvalue weighted by Gasteiger charge is 2.24. The molecule has 4 aromatic heterocycles. The highest BCUT2D eigenvalue weighted by atomic mass is 127. The zero-order chi connectivity index (χ0) is 19.6. The highest BCUT2D eigenvalue weighted by molar-refractivity contribution is 14.1. The van der Waals surface area contributed by atoms with Gasteiger partial charge in [-0.3, -0.25) is 2.78 Å². The number of fused-ring (bicyclic) bond motifs is 8. The SMILES string of the molecule is In1c2cccc3c4ccccc4n4c5c6ccccc6oc5c5ccc1c(c32)c54. The molecule has 3 nitrogen and oxygen atoms in total. The summed E-state index contributed by atoms with van der Waals surface area (Å²) in [6.07, 6.45) is 0. The highest BCUT2D eigenvalue weighted by Crippen LogP contribution is 2.46. The van der Waals surface area contributed by atoms with Crippen molar-refractivity contribution in [3.05, 3.63) is 78.9 Å². The van der Waals surface area contributed by atoms with E-state index in [1.807, 2.05) is 6.07 Å². The molecule has 0 spiro atoms. The molecule has 0 N–H and O–H groups in total. The van der Waals surface area contributed by atoms with Crippen LogP contribution in [0.15, 0.2) is 83.3 Å². The van der Waals surface area contributed by atoms with Crippen molar-refractivity contribution < 1.29 is 4.42 Å². The van der Waals surface area contributed by atoms with E-state index in [4.69, 9.17) is 4.42 Å². The van der Waals surface area contributed by atoms with Crippen LogP contribution in [0.1, 0.15) is 0 Å². The summed E-state index contributed by atoms with van der Waals surface area (Å²) in [7, 11) is 0. The minimum Gasteiger partial charge on any atom is -0.454 e. The van der Waals surface area contributed by atoms with Crippen LogP contribution in [0.2, 0.25) is 0 Å². The summed E-state index contributed by atoms with van der Waals surface area (Å²) in [5, 5.41) is 7.50. The molecule has 0 saturated heterocycles. The normalized spacial score (nSPS) is 12.8. The van der Waals surface area contributed by atoms with Crippen molar-refractivity contribution in [3.8, 4) is 0 Å². The Balaban J connectivity index is 1.92. The second-order valence-electron chi connectivity index (χ2n) is 7.96. The largest absolute Gasteiger partial charge is 0.454 e. The second-order valence-corrected chi connectivity index (χ2v) is 8.93. The maximum absolute atomic E-state index is 6.42. The number of benzene rings is 4. The Morgan fingerprint density at radius 2 is 1.30 bits per heavy atom. The van der Waals surface area contributed by atoms with Gasteiger partial charge in [0.1, 0.15) is 11.1 Å². The van der Waals surface area contributed by atoms with Gasteiger partial charge < -0.3 is 8.82 Å². The molecule has 0 aliphatic rings. The van der Waals surface area contributed by atoms with Crippen molar-refractivity contribution in [1.82, 2.24) is 7.18 Å². The van der Waals surface area contributed by atoms with Gasteiger partial charge in [-0.2, -0.15) is 0 Å². The molecule has 4 aromatic carbocycles. The standard InChI is InChI=1S/C26H13IN2O/c27-29-19-10-5-8-15-14-6-1-3-9-18(14)28-24-17(12-13-20(29)23(24)22(15)19)26-25(28)16-7-2-4-11-21(16)30-26/h1-13H. The van der Waals surface area contributed by atoms with Gasteiger partial charge in [0, 0.05) is 26.9 Å². The van der Waals surface area contributed by atoms with E-state index in [9.17, 15) is 0 Å². The molecule has 0 aliphatic carbocycles. The number of aromatic nitrogens is 2. The fourth-order valence-electron chi connectivity index (χ4n) is 5.41. The van der Waals surface area contributed by atoms with E-state index in [1.165, 1.54) is 49.0 Å². The quantitative estimate of drug-likeness (QED) is 0.196. The van der Waals surface area contributed by atoms with Crippen LogP contribution in [-0.4, -0.2) is 7.18 Å². The maximum Gasteiger partial charge on any atom is 0.161 e. The molecule has 0 aliphatic heterocycles. The summed E-state index contributed by atoms with van der Waals surface area (Å²) in [5.41, 5.74) is 8.00. The molecular weight excluding hydrogens is 483 g/mol. The topological polar surface area (TPSA) is 22.5 Å². The second kappa shape index (κ2) is 5.08. The fraction of sp³-hybridized carbons (Fsp3) is 0. The summed E-state index contributed by atoms with van der Waals surface area (Å²) in [5.74, 6) is 0. The van der Waals surface area contributed by atoms with E-state index in [2.05, 4.69) is 103 Å². The average Bonchev–Trinajstić information content (AvgIpc) is 3.38. The lowest BCUT2D eigenvalue weighted by Gasteiger charge is -2.03. The number of hydrogen-bond acceptors (Lipinski definition) is 1. The lowest BCUT2D eigenvalue weighted by Crippen LogP contribution is -1.86. The zero-order valence-electron chi connectivity index (χ0n) is 15.7. The zero-order valence-corrected chi connectivity index (χ0v) is 17.8. The molecule has 4 heteroatoms. The Bertz CT molecular complexity index is 1970. The third kappa shape index (κ3) is 1.59. The summed E-state index contributed by atoms with van der Waals surface area (Å²) in [6.45, 7) is 0. The molecule has 0 amide bonds. The molecule has 0 fully saturated rings. The van der Waals surface area contributed by atoms with Crippen LogP contribution in [0, 0.1) is 0 Å². The average molecular weight is 496 g/mol. The van der Waals surface area contributed by atoms with E-state index >= 15 is 0 Å². The van der Waals surface area contributed by atoms with E-state index in [0.717, 1.165) is 22.1 Å². The lowest BCUT2D eigenvalue weighted by molar-refractivity contribution is 0.673. The monoisotopic (exact) mass is 496 g/mol. The molecule has 4 heterocycles. The first-order valence-corrected chi connectivity index (χ1v) is 11.0. The van der Waals surface area contributed by atoms with Crippen LogP contribution >= 0.6 is 22.9 Å². The molecule has 0 saturated carbocycles. The van der Waals surface area contributed by atoms with E-state index in [1.54, 1.807) is 0 Å². The van der Waals surface area contributed by atoms with E-state index in [0.29, 0.717) is 0 Å². The van der Waals surface area contributed by atoms with Crippen molar-refractivity contribution in [2.24, 2.45) is 0 Å². The number of para-hydroxylation sites is 2. The number of rotatable bonds is 0. The van der Waals surface area contributed by atoms with Crippen LogP contribution in [0.25, 0.3) is 71.1 Å². The van der Waals surface area contributed by atoms with Crippen molar-refractivity contribution in [3.63, 3.8) is 0 Å². The molecule has 8 aromatic rings. The Kier molecular flexibility index (Phi) is 2.63. The van der Waals surface area contributed by atoms with Crippen molar-refractivity contribution in [1.29, 1.82) is 0 Å². The number of nitrogens with zero attached hydrogens (tertiary/aromatic N) is 2. The molecule has 0 unspecified atom stereocenters. The van der Waals surface area contributed by atoms with Crippen LogP contribution in [-0.2, 0) is 0 Å². The van der Waals surface area contributed by atoms with Gasteiger partial charge in [-0.15, -0.1) is 0 Å². The minimum atomic E-state index is 0.934. The molecule has 0 radical (unpaired) electrons. The Morgan fingerprint density at radius 1 is 0.567 bits per heavy atom. The Labute approximate surface area is 183 Å². The summed E-state index contributed by atoms with van der Waals surface area (Å²) in [4.78, 5) is 0. The van der Waals surface area contributed by atoms with Crippen molar-refractivity contribution in [2.45, 2.75) is 0 Å². The van der Waals surface area contributed by atoms with Crippen LogP contribution in [0.4, 0.5) is 0 Å². The maximum atomic E-state index is 6.42. The first kappa shape index (κ1) is 15.6. The smallest absolute Gasteiger partial charge is 0.161 e. The van der Waals surface area contributed by atoms with Crippen LogP contribution in [0.3, 0.4) is 0 Å². The Hall–Kier alpha value is -3.25. The lowest BCUT2D eigenvalue weighted by atomic mass is 10.0. The molecule has 0 bridgehead atoms. The first-order chi connectivity index (χ1) is 14.8. The molecular formula is C26H13IN2O. The third-order valence-electron chi connectivity index (χ3n) is 6.57. The predicted molar refractivity (Wildman–Crippen MR) is 133 cm³/mol. The summed E-state index contributed by atoms with van der Waals surface area (Å²) < 4.78 is 11.1. The van der Waals surface area contributed by atoms with Gasteiger partial charge >= 0.3 is 0 Å². The predicted octanol–water partition coefficient (Wildman–Crippen LogP) is 7.89. The van der Waals surface area contributed by atoms with Gasteiger partial charge in [-0.25, -0.2) is 0 Å². The van der Waals surface area contributed by atoms with Gasteiger partial charge in [0.25, 0.3) is 0 Å². The van der Waals surface area contributed by atoms with Gasteiger partial charge in [-0.05, 0) is 41.8 Å². The molecule has 0 atom stereocenters. The summed E-state index contributed by atoms with van der Waals surface area (Å²) >= 11 is 2.43. The van der Waals surface area contributed by atoms with E-state index in [-0.39, 0.29) is 0 Å². The van der Waals surface area contributed by atoms with Gasteiger partial charge in [0.15, 0.2) is 5.58 Å². The molecule has 30 heavy (non-hydrogen) atoms. The first-order valence-electron chi connectivity index (χ1n) is 10.0. The van der Waals surface area contributed by atoms with Gasteiger partial charge in [0.2, 0.25) is 0 Å². The number of halogens is 1. The van der Waals surface area contributed by atoms with E-state index < -0.39 is 0 Å². The van der Waals surface area contributed by atoms with Crippen molar-refractivity contribution >= 4 is 93.9 Å². The van der Waals surface area contributed by atoms with Crippen LogP contribution in [0.5, 0.6) is 0 Å². The van der Waals surface area contributed by atoms with Gasteiger partial charge in [-0.1, -0.05) is 42.5 Å². The fourth-order valence-corrected chi connectivity index (χ4v) is 6.22. The number of hydrogen-bond donors (Lipinski definition) is 0. The molecule has 8 rings (SSSR count). The van der Waals surface area contributed by atoms with Crippen LogP contribution < -0.4 is 0 Å². The number of furan rings is 1. The molecule has 140 valence electrons. The van der Waals surface area contributed by atoms with Gasteiger partial charge in [0.05, 0.1) is 44.9 Å². The van der Waals surface area contributed by atoms with Crippen molar-refractivity contribution in [2.75, 3.05) is 0 Å². The summed E-state index contributed by atoms with van der Waals surface area (Å²) in [6, 6.07) is 28.2.